The zero-order valence-electron chi connectivity index (χ0n) is 11.5. The fourth-order valence-electron chi connectivity index (χ4n) is 2.65. The lowest BCUT2D eigenvalue weighted by atomic mass is 9.92. The number of nitrogens with zero attached hydrogens (tertiary/aromatic N) is 1. The number of rotatable bonds is 3. The summed E-state index contributed by atoms with van der Waals surface area (Å²) >= 11 is 0. The number of hydrogen-bond acceptors (Lipinski definition) is 4. The number of methoxy groups -OCH3 is 1. The molecule has 4 nitrogen and oxygen atoms in total. The zero-order valence-corrected chi connectivity index (χ0v) is 11.5. The molecule has 1 aromatic carbocycles. The van der Waals surface area contributed by atoms with Crippen molar-refractivity contribution in [3.63, 3.8) is 0 Å². The van der Waals surface area contributed by atoms with Crippen LogP contribution < -0.4 is 15.2 Å². The van der Waals surface area contributed by atoms with Crippen LogP contribution in [0.15, 0.2) is 36.5 Å². The van der Waals surface area contributed by atoms with Gasteiger partial charge in [0.1, 0.15) is 0 Å². The van der Waals surface area contributed by atoms with Gasteiger partial charge in [-0.15, -0.1) is 0 Å². The minimum Gasteiger partial charge on any atom is -0.493 e. The highest BCUT2D eigenvalue weighted by atomic mass is 16.5. The van der Waals surface area contributed by atoms with E-state index in [0.29, 0.717) is 12.5 Å². The molecule has 1 aliphatic heterocycles. The lowest BCUT2D eigenvalue weighted by molar-refractivity contribution is 0.210. The minimum absolute atomic E-state index is 0.420. The van der Waals surface area contributed by atoms with E-state index in [4.69, 9.17) is 15.2 Å². The van der Waals surface area contributed by atoms with E-state index in [1.54, 1.807) is 19.4 Å². The Bertz CT molecular complexity index is 613. The van der Waals surface area contributed by atoms with Gasteiger partial charge in [0.05, 0.1) is 13.7 Å². The molecule has 0 saturated carbocycles. The van der Waals surface area contributed by atoms with Crippen LogP contribution in [-0.4, -0.2) is 18.7 Å². The van der Waals surface area contributed by atoms with E-state index in [-0.39, 0.29) is 0 Å². The van der Waals surface area contributed by atoms with Gasteiger partial charge in [-0.1, -0.05) is 12.1 Å². The van der Waals surface area contributed by atoms with Crippen molar-refractivity contribution in [3.05, 3.63) is 47.8 Å². The molecule has 1 atom stereocenters. The van der Waals surface area contributed by atoms with Crippen molar-refractivity contribution in [1.82, 2.24) is 4.98 Å². The molecule has 0 unspecified atom stereocenters. The molecule has 0 spiro atoms. The van der Waals surface area contributed by atoms with Gasteiger partial charge in [-0.3, -0.25) is 4.98 Å². The largest absolute Gasteiger partial charge is 0.493 e. The first-order valence-electron chi connectivity index (χ1n) is 6.75. The summed E-state index contributed by atoms with van der Waals surface area (Å²) in [6.45, 7) is 0.684. The predicted octanol–water partition coefficient (Wildman–Crippen LogP) is 2.47. The summed E-state index contributed by atoms with van der Waals surface area (Å²) in [6.07, 6.45) is 3.61. The summed E-state index contributed by atoms with van der Waals surface area (Å²) < 4.78 is 11.2. The fourth-order valence-corrected chi connectivity index (χ4v) is 2.65. The molecule has 2 aromatic rings. The number of benzene rings is 1. The Morgan fingerprint density at radius 3 is 3.10 bits per heavy atom. The van der Waals surface area contributed by atoms with Crippen LogP contribution >= 0.6 is 0 Å². The molecule has 0 aliphatic carbocycles. The quantitative estimate of drug-likeness (QED) is 0.930. The van der Waals surface area contributed by atoms with Crippen LogP contribution in [0.2, 0.25) is 0 Å². The van der Waals surface area contributed by atoms with E-state index in [9.17, 15) is 0 Å². The first kappa shape index (κ1) is 12.8. The number of para-hydroxylation sites is 1. The van der Waals surface area contributed by atoms with Crippen molar-refractivity contribution < 1.29 is 9.47 Å². The van der Waals surface area contributed by atoms with Gasteiger partial charge in [0.2, 0.25) is 0 Å². The van der Waals surface area contributed by atoms with Gasteiger partial charge < -0.3 is 15.2 Å². The topological polar surface area (TPSA) is 57.4 Å². The second-order valence-electron chi connectivity index (χ2n) is 5.11. The van der Waals surface area contributed by atoms with Crippen molar-refractivity contribution in [1.29, 1.82) is 0 Å². The summed E-state index contributed by atoms with van der Waals surface area (Å²) in [7, 11) is 1.67. The van der Waals surface area contributed by atoms with Gasteiger partial charge in [0.25, 0.3) is 0 Å². The maximum atomic E-state index is 5.88. The fraction of sp³-hybridized carbons (Fsp3) is 0.312. The number of pyridine rings is 1. The normalized spacial score (nSPS) is 17.1. The van der Waals surface area contributed by atoms with Crippen molar-refractivity contribution in [2.75, 3.05) is 19.5 Å². The van der Waals surface area contributed by atoms with Crippen LogP contribution in [0.5, 0.6) is 11.5 Å². The molecule has 4 heteroatoms. The molecule has 0 radical (unpaired) electrons. The van der Waals surface area contributed by atoms with Crippen LogP contribution in [0.4, 0.5) is 5.69 Å². The SMILES string of the molecule is COc1cccc2c1OC[C@@H](Cc1cc(N)ccn1)C2. The Morgan fingerprint density at radius 2 is 2.30 bits per heavy atom. The minimum atomic E-state index is 0.420. The smallest absolute Gasteiger partial charge is 0.164 e. The molecule has 104 valence electrons. The Labute approximate surface area is 118 Å². The Hall–Kier alpha value is -2.23. The van der Waals surface area contributed by atoms with Crippen molar-refractivity contribution in [3.8, 4) is 11.5 Å². The summed E-state index contributed by atoms with van der Waals surface area (Å²) in [5.41, 5.74) is 8.77. The van der Waals surface area contributed by atoms with Crippen molar-refractivity contribution in [2.45, 2.75) is 12.8 Å². The first-order chi connectivity index (χ1) is 9.76. The predicted molar refractivity (Wildman–Crippen MR) is 78.0 cm³/mol. The van der Waals surface area contributed by atoms with E-state index in [2.05, 4.69) is 11.1 Å². The maximum Gasteiger partial charge on any atom is 0.164 e. The number of nitrogen functional groups attached to an aromatic ring is 1. The van der Waals surface area contributed by atoms with Crippen molar-refractivity contribution in [2.24, 2.45) is 5.92 Å². The standard InChI is InChI=1S/C16H18N2O2/c1-19-15-4-2-3-12-7-11(10-20-16(12)15)8-14-9-13(17)5-6-18-14/h2-6,9,11H,7-8,10H2,1H3,(H2,17,18)/t11-/m1/s1. The number of anilines is 1. The molecule has 2 N–H and O–H groups in total. The van der Waals surface area contributed by atoms with Gasteiger partial charge in [0, 0.05) is 23.5 Å². The summed E-state index contributed by atoms with van der Waals surface area (Å²) in [5, 5.41) is 0. The number of fused-ring (bicyclic) bond motifs is 1. The van der Waals surface area contributed by atoms with Gasteiger partial charge in [0.15, 0.2) is 11.5 Å². The van der Waals surface area contributed by atoms with Crippen LogP contribution in [0, 0.1) is 5.92 Å². The number of ether oxygens (including phenoxy) is 2. The van der Waals surface area contributed by atoms with Crippen LogP contribution in [0.25, 0.3) is 0 Å². The highest BCUT2D eigenvalue weighted by molar-refractivity contribution is 5.48. The average Bonchev–Trinajstić information content (AvgIpc) is 2.46. The van der Waals surface area contributed by atoms with E-state index in [0.717, 1.165) is 35.7 Å². The van der Waals surface area contributed by atoms with E-state index in [1.807, 2.05) is 18.2 Å². The van der Waals surface area contributed by atoms with Gasteiger partial charge in [-0.25, -0.2) is 0 Å². The average molecular weight is 270 g/mol. The van der Waals surface area contributed by atoms with E-state index >= 15 is 0 Å². The van der Waals surface area contributed by atoms with E-state index < -0.39 is 0 Å². The molecule has 0 bridgehead atoms. The molecule has 0 amide bonds. The molecular formula is C16H18N2O2. The van der Waals surface area contributed by atoms with E-state index in [1.165, 1.54) is 5.56 Å². The highest BCUT2D eigenvalue weighted by Gasteiger charge is 2.23. The van der Waals surface area contributed by atoms with Crippen LogP contribution in [-0.2, 0) is 12.8 Å². The highest BCUT2D eigenvalue weighted by Crippen LogP contribution is 2.36. The molecule has 2 heterocycles. The second-order valence-corrected chi connectivity index (χ2v) is 5.11. The number of hydrogen-bond donors (Lipinski definition) is 1. The summed E-state index contributed by atoms with van der Waals surface area (Å²) in [6, 6.07) is 9.76. The lowest BCUT2D eigenvalue weighted by Crippen LogP contribution is -2.23. The molecule has 20 heavy (non-hydrogen) atoms. The van der Waals surface area contributed by atoms with Crippen LogP contribution in [0.1, 0.15) is 11.3 Å². The first-order valence-corrected chi connectivity index (χ1v) is 6.75. The Balaban J connectivity index is 1.76. The third-order valence-corrected chi connectivity index (χ3v) is 3.59. The summed E-state index contributed by atoms with van der Waals surface area (Å²) in [5.74, 6) is 2.11. The van der Waals surface area contributed by atoms with Gasteiger partial charge >= 0.3 is 0 Å². The van der Waals surface area contributed by atoms with Gasteiger partial charge in [-0.05, 0) is 36.6 Å². The molecule has 0 saturated heterocycles. The number of nitrogens with two attached hydrogens (primary N) is 1. The zero-order chi connectivity index (χ0) is 13.9. The van der Waals surface area contributed by atoms with Crippen LogP contribution in [0.3, 0.4) is 0 Å². The molecule has 1 aliphatic rings. The maximum absolute atomic E-state index is 5.88. The molecule has 3 rings (SSSR count). The van der Waals surface area contributed by atoms with Gasteiger partial charge in [-0.2, -0.15) is 0 Å². The Morgan fingerprint density at radius 1 is 1.40 bits per heavy atom. The lowest BCUT2D eigenvalue weighted by Gasteiger charge is -2.26. The third-order valence-electron chi connectivity index (χ3n) is 3.59. The molecule has 1 aromatic heterocycles. The molecular weight excluding hydrogens is 252 g/mol. The Kier molecular flexibility index (Phi) is 3.46. The third kappa shape index (κ3) is 2.54. The summed E-state index contributed by atoms with van der Waals surface area (Å²) in [4.78, 5) is 4.36. The second kappa shape index (κ2) is 5.41. The molecule has 0 fully saturated rings. The van der Waals surface area contributed by atoms with Crippen molar-refractivity contribution >= 4 is 5.69 Å². The monoisotopic (exact) mass is 270 g/mol. The number of aromatic nitrogens is 1.